The molecule has 2 heterocycles. The Kier molecular flexibility index (Phi) is 6.55. The first kappa shape index (κ1) is 24.7. The van der Waals surface area contributed by atoms with Crippen LogP contribution < -0.4 is 9.13 Å². The lowest BCUT2D eigenvalue weighted by Gasteiger charge is -2.09. The van der Waals surface area contributed by atoms with Crippen molar-refractivity contribution in [3.05, 3.63) is 95.6 Å². The van der Waals surface area contributed by atoms with E-state index in [2.05, 4.69) is 65.8 Å². The summed E-state index contributed by atoms with van der Waals surface area (Å²) in [6.45, 7) is 8.41. The maximum atomic E-state index is 14.8. The topological polar surface area (TPSA) is 33.5 Å². The molecule has 4 aromatic carbocycles. The molecule has 5 heteroatoms. The Hall–Kier alpha value is -3.99. The largest absolute Gasteiger partial charge is 0.286 e. The van der Waals surface area contributed by atoms with Crippen LogP contribution in [0.4, 0.5) is 4.39 Å². The summed E-state index contributed by atoms with van der Waals surface area (Å²) in [5, 5.41) is 6.15. The zero-order chi connectivity index (χ0) is 26.3. The summed E-state index contributed by atoms with van der Waals surface area (Å²) in [4.78, 5) is 9.02. The molecule has 0 aliphatic rings. The van der Waals surface area contributed by atoms with E-state index in [0.29, 0.717) is 10.8 Å². The maximum absolute atomic E-state index is 14.8. The number of aryl methyl sites for hydroxylation is 6. The lowest BCUT2D eigenvalue weighted by molar-refractivity contribution is -0.680. The quantitative estimate of drug-likeness (QED) is 0.210. The van der Waals surface area contributed by atoms with Crippen molar-refractivity contribution in [2.75, 3.05) is 0 Å². The van der Waals surface area contributed by atoms with Crippen LogP contribution in [0.25, 0.3) is 43.4 Å². The minimum Gasteiger partial charge on any atom is -0.236 e. The molecule has 0 bridgehead atoms. The standard InChI is InChI=1S/C16H16FN2.C16H17N2/c1-4-13-14-15(17)12-8-6-5-7-11(12)10(2)16(14)18-9-19(13)3;1-4-15-14-9-12-7-5-6-8-13(12)11(2)16(14)17-10-18(15)3/h5-9H,4H2,1-3H3;5-10H,4H2,1-3H3/q2*+1. The normalized spacial score (nSPS) is 11.3. The molecule has 4 nitrogen and oxygen atoms in total. The second-order valence-electron chi connectivity index (χ2n) is 9.64. The van der Waals surface area contributed by atoms with Crippen LogP contribution in [0.1, 0.15) is 36.4 Å². The lowest BCUT2D eigenvalue weighted by atomic mass is 9.99. The van der Waals surface area contributed by atoms with Crippen molar-refractivity contribution in [1.29, 1.82) is 0 Å². The summed E-state index contributed by atoms with van der Waals surface area (Å²) < 4.78 is 18.8. The van der Waals surface area contributed by atoms with Gasteiger partial charge < -0.3 is 0 Å². The van der Waals surface area contributed by atoms with E-state index < -0.39 is 0 Å². The predicted molar refractivity (Wildman–Crippen MR) is 149 cm³/mol. The van der Waals surface area contributed by atoms with Crippen LogP contribution >= 0.6 is 0 Å². The molecule has 0 amide bonds. The molecule has 0 saturated heterocycles. The number of hydrogen-bond donors (Lipinski definition) is 0. The number of fused-ring (bicyclic) bond motifs is 4. The Bertz CT molecular complexity index is 1810. The average Bonchev–Trinajstić information content (AvgIpc) is 2.92. The number of benzene rings is 4. The van der Waals surface area contributed by atoms with Gasteiger partial charge in [-0.2, -0.15) is 0 Å². The zero-order valence-electron chi connectivity index (χ0n) is 22.4. The van der Waals surface area contributed by atoms with E-state index in [9.17, 15) is 4.39 Å². The molecule has 0 aliphatic heterocycles. The van der Waals surface area contributed by atoms with Gasteiger partial charge in [-0.3, -0.25) is 0 Å². The minimum atomic E-state index is -0.156. The third-order valence-electron chi connectivity index (χ3n) is 7.49. The fraction of sp³-hybridized carbons (Fsp3) is 0.250. The highest BCUT2D eigenvalue weighted by molar-refractivity contribution is 6.02. The summed E-state index contributed by atoms with van der Waals surface area (Å²) in [6.07, 6.45) is 5.49. The van der Waals surface area contributed by atoms with E-state index in [0.717, 1.165) is 40.5 Å². The lowest BCUT2D eigenvalue weighted by Crippen LogP contribution is -2.34. The molecule has 0 aliphatic carbocycles. The van der Waals surface area contributed by atoms with E-state index >= 15 is 0 Å². The Balaban J connectivity index is 0.000000152. The molecule has 6 rings (SSSR count). The summed E-state index contributed by atoms with van der Waals surface area (Å²) in [5.41, 5.74) is 6.54. The molecule has 0 saturated carbocycles. The van der Waals surface area contributed by atoms with Crippen LogP contribution in [0.15, 0.2) is 67.3 Å². The van der Waals surface area contributed by atoms with E-state index in [-0.39, 0.29) is 5.82 Å². The van der Waals surface area contributed by atoms with Gasteiger partial charge in [0.05, 0.1) is 19.5 Å². The van der Waals surface area contributed by atoms with Crippen LogP contribution in [-0.4, -0.2) is 9.97 Å². The van der Waals surface area contributed by atoms with Gasteiger partial charge in [-0.1, -0.05) is 62.4 Å². The van der Waals surface area contributed by atoms with Crippen molar-refractivity contribution in [2.24, 2.45) is 14.1 Å². The fourth-order valence-electron chi connectivity index (χ4n) is 5.54. The second kappa shape index (κ2) is 9.81. The molecule has 6 aromatic rings. The monoisotopic (exact) mass is 492 g/mol. The number of rotatable bonds is 2. The maximum Gasteiger partial charge on any atom is 0.286 e. The summed E-state index contributed by atoms with van der Waals surface area (Å²) in [6, 6.07) is 18.4. The molecule has 2 aromatic heterocycles. The molecule has 37 heavy (non-hydrogen) atoms. The first-order valence-corrected chi connectivity index (χ1v) is 12.9. The highest BCUT2D eigenvalue weighted by atomic mass is 19.1. The van der Waals surface area contributed by atoms with Crippen LogP contribution in [0.3, 0.4) is 0 Å². The van der Waals surface area contributed by atoms with Crippen molar-refractivity contribution in [3.8, 4) is 0 Å². The SMILES string of the molecule is CCc1c2c(F)c3ccccc3c(C)c2nc[n+]1C.CCc1c2cc3ccccc3c(C)c2nc[n+]1C. The minimum absolute atomic E-state index is 0.156. The molecule has 0 fully saturated rings. The molecular weight excluding hydrogens is 459 g/mol. The van der Waals surface area contributed by atoms with Crippen LogP contribution in [0.2, 0.25) is 0 Å². The van der Waals surface area contributed by atoms with Gasteiger partial charge in [0.25, 0.3) is 12.7 Å². The first-order chi connectivity index (χ1) is 17.9. The Labute approximate surface area is 217 Å². The van der Waals surface area contributed by atoms with Gasteiger partial charge in [0.1, 0.15) is 22.6 Å². The molecule has 0 atom stereocenters. The van der Waals surface area contributed by atoms with E-state index in [1.807, 2.05) is 56.1 Å². The van der Waals surface area contributed by atoms with Crippen molar-refractivity contribution in [2.45, 2.75) is 40.5 Å². The van der Waals surface area contributed by atoms with Gasteiger partial charge >= 0.3 is 0 Å². The Morgan fingerprint density at radius 1 is 0.676 bits per heavy atom. The molecule has 0 radical (unpaired) electrons. The first-order valence-electron chi connectivity index (χ1n) is 12.9. The van der Waals surface area contributed by atoms with Gasteiger partial charge in [-0.05, 0) is 46.0 Å². The molecule has 0 N–H and O–H groups in total. The molecule has 0 spiro atoms. The summed E-state index contributed by atoms with van der Waals surface area (Å²) in [5.74, 6) is -0.156. The van der Waals surface area contributed by atoms with Gasteiger partial charge in [0, 0.05) is 29.4 Å². The summed E-state index contributed by atoms with van der Waals surface area (Å²) >= 11 is 0. The van der Waals surface area contributed by atoms with E-state index in [1.165, 1.54) is 27.4 Å². The van der Waals surface area contributed by atoms with Gasteiger partial charge in [-0.15, -0.1) is 0 Å². The number of halogens is 1. The number of hydrogen-bond acceptors (Lipinski definition) is 2. The summed E-state index contributed by atoms with van der Waals surface area (Å²) in [7, 11) is 3.98. The molecule has 0 unspecified atom stereocenters. The molecular formula is C32H33FN4+2. The third-order valence-corrected chi connectivity index (χ3v) is 7.49. The van der Waals surface area contributed by atoms with Crippen molar-refractivity contribution in [1.82, 2.24) is 9.97 Å². The van der Waals surface area contributed by atoms with Crippen molar-refractivity contribution < 1.29 is 13.5 Å². The zero-order valence-corrected chi connectivity index (χ0v) is 22.4. The Morgan fingerprint density at radius 2 is 1.22 bits per heavy atom. The third kappa shape index (κ3) is 4.08. The number of aromatic nitrogens is 4. The van der Waals surface area contributed by atoms with Gasteiger partial charge in [0.15, 0.2) is 11.0 Å². The van der Waals surface area contributed by atoms with Crippen LogP contribution in [0, 0.1) is 19.7 Å². The highest BCUT2D eigenvalue weighted by Crippen LogP contribution is 2.31. The smallest absolute Gasteiger partial charge is 0.236 e. The van der Waals surface area contributed by atoms with E-state index in [1.54, 1.807) is 6.33 Å². The van der Waals surface area contributed by atoms with E-state index in [4.69, 9.17) is 0 Å². The fourth-order valence-corrected chi connectivity index (χ4v) is 5.54. The molecule has 186 valence electrons. The predicted octanol–water partition coefficient (Wildman–Crippen LogP) is 6.31. The highest BCUT2D eigenvalue weighted by Gasteiger charge is 2.21. The van der Waals surface area contributed by atoms with Crippen molar-refractivity contribution >= 4 is 43.4 Å². The van der Waals surface area contributed by atoms with Gasteiger partial charge in [0.2, 0.25) is 0 Å². The van der Waals surface area contributed by atoms with Gasteiger partial charge in [-0.25, -0.2) is 13.5 Å². The average molecular weight is 493 g/mol. The van der Waals surface area contributed by atoms with Crippen molar-refractivity contribution in [3.63, 3.8) is 0 Å². The second-order valence-corrected chi connectivity index (χ2v) is 9.64. The van der Waals surface area contributed by atoms with Crippen LogP contribution in [0.5, 0.6) is 0 Å². The van der Waals surface area contributed by atoms with Crippen LogP contribution in [-0.2, 0) is 26.9 Å². The Morgan fingerprint density at radius 3 is 1.89 bits per heavy atom. The number of nitrogens with zero attached hydrogens (tertiary/aromatic N) is 4.